The van der Waals surface area contributed by atoms with Crippen LogP contribution >= 0.6 is 11.8 Å². The first kappa shape index (κ1) is 21.1. The highest BCUT2D eigenvalue weighted by Gasteiger charge is 2.15. The van der Waals surface area contributed by atoms with E-state index >= 15 is 0 Å². The maximum atomic E-state index is 13.6. The summed E-state index contributed by atoms with van der Waals surface area (Å²) in [6.07, 6.45) is 14.5. The van der Waals surface area contributed by atoms with Crippen LogP contribution in [0.3, 0.4) is 0 Å². The molecule has 0 aliphatic heterocycles. The number of esters is 1. The van der Waals surface area contributed by atoms with E-state index in [0.717, 1.165) is 17.1 Å². The van der Waals surface area contributed by atoms with Gasteiger partial charge in [-0.15, -0.1) is 11.8 Å². The van der Waals surface area contributed by atoms with Crippen molar-refractivity contribution in [1.82, 2.24) is 4.79 Å². The van der Waals surface area contributed by atoms with Gasteiger partial charge in [-0.05, 0) is 25.2 Å². The Labute approximate surface area is 150 Å². The van der Waals surface area contributed by atoms with Crippen LogP contribution in [0, 0.1) is 0 Å². The van der Waals surface area contributed by atoms with Crippen LogP contribution in [0.5, 0.6) is 0 Å². The summed E-state index contributed by atoms with van der Waals surface area (Å²) in [5.41, 5.74) is -0.0255. The molecule has 0 aromatic carbocycles. The minimum atomic E-state index is -0.606. The first-order valence-corrected chi connectivity index (χ1v) is 10.4. The van der Waals surface area contributed by atoms with E-state index in [2.05, 4.69) is 6.92 Å². The zero-order chi connectivity index (χ0) is 17.6. The average Bonchev–Trinajstić information content (AvgIpc) is 2.94. The summed E-state index contributed by atoms with van der Waals surface area (Å²) in [5.74, 6) is 0.355. The molecule has 0 radical (unpaired) electrons. The van der Waals surface area contributed by atoms with Gasteiger partial charge in [0.2, 0.25) is 0 Å². The van der Waals surface area contributed by atoms with Crippen molar-refractivity contribution in [3.63, 3.8) is 0 Å². The summed E-state index contributed by atoms with van der Waals surface area (Å²) in [5, 5.41) is 0. The summed E-state index contributed by atoms with van der Waals surface area (Å²) in [7, 11) is 0. The van der Waals surface area contributed by atoms with E-state index in [-0.39, 0.29) is 12.3 Å². The zero-order valence-corrected chi connectivity index (χ0v) is 16.0. The Balaban J connectivity index is 2.05. The number of hydrogen-bond donors (Lipinski definition) is 0. The molecule has 1 rings (SSSR count). The van der Waals surface area contributed by atoms with Crippen molar-refractivity contribution < 1.29 is 14.0 Å². The second kappa shape index (κ2) is 13.3. The molecule has 0 unspecified atom stereocenters. The highest BCUT2D eigenvalue weighted by Crippen LogP contribution is 2.23. The van der Waals surface area contributed by atoms with Crippen LogP contribution in [-0.4, -0.2) is 23.1 Å². The third-order valence-corrected chi connectivity index (χ3v) is 5.05. The van der Waals surface area contributed by atoms with Gasteiger partial charge in [-0.1, -0.05) is 69.2 Å². The number of ether oxygens (including phenoxy) is 1. The molecule has 0 amide bonds. The number of thioether (sulfide) groups is 1. The van der Waals surface area contributed by atoms with Gasteiger partial charge in [-0.25, -0.2) is 4.79 Å². The van der Waals surface area contributed by atoms with E-state index in [0.29, 0.717) is 4.79 Å². The van der Waals surface area contributed by atoms with Crippen LogP contribution < -0.4 is 0 Å². The van der Waals surface area contributed by atoms with Crippen LogP contribution in [0.2, 0.25) is 0 Å². The molecule has 138 valence electrons. The molecule has 5 heteroatoms. The molecule has 1 heterocycles. The molecule has 0 fully saturated rings. The monoisotopic (exact) mass is 357 g/mol. The molecule has 0 spiro atoms. The fraction of sp³-hybridized carbons (Fsp3) is 0.737. The number of rotatable bonds is 14. The number of carbonyl (C=O) groups is 1. The third kappa shape index (κ3) is 8.76. The van der Waals surface area contributed by atoms with Crippen LogP contribution in [0.4, 0.5) is 4.48 Å². The van der Waals surface area contributed by atoms with Gasteiger partial charge < -0.3 is 4.74 Å². The van der Waals surface area contributed by atoms with Gasteiger partial charge in [-0.2, -0.15) is 4.79 Å². The zero-order valence-electron chi connectivity index (χ0n) is 15.2. The van der Waals surface area contributed by atoms with Crippen LogP contribution in [0.15, 0.2) is 17.2 Å². The van der Waals surface area contributed by atoms with Crippen molar-refractivity contribution in [2.75, 3.05) is 12.4 Å². The van der Waals surface area contributed by atoms with Crippen molar-refractivity contribution in [3.05, 3.63) is 18.0 Å². The Morgan fingerprint density at radius 1 is 1.04 bits per heavy atom. The van der Waals surface area contributed by atoms with Crippen molar-refractivity contribution >= 4 is 17.7 Å². The fourth-order valence-electron chi connectivity index (χ4n) is 2.62. The number of hydrogen-bond acceptors (Lipinski definition) is 3. The second-order valence-electron chi connectivity index (χ2n) is 6.12. The van der Waals surface area contributed by atoms with Gasteiger partial charge in [0.15, 0.2) is 5.69 Å². The van der Waals surface area contributed by atoms with Gasteiger partial charge >= 0.3 is 5.97 Å². The standard InChI is InChI=1S/C19H32FNO2S/c1-3-5-6-7-8-9-10-11-12-13-14-24-17-15-18(21(20)16-17)19(22)23-4-2/h15-16H,3-14H2,1-2H3. The van der Waals surface area contributed by atoms with Gasteiger partial charge in [0.1, 0.15) is 0 Å². The van der Waals surface area contributed by atoms with Crippen LogP contribution in [0.1, 0.15) is 88.5 Å². The number of aromatic nitrogens is 1. The van der Waals surface area contributed by atoms with Crippen molar-refractivity contribution in [3.8, 4) is 0 Å². The molecule has 1 aromatic heterocycles. The van der Waals surface area contributed by atoms with E-state index < -0.39 is 5.97 Å². The summed E-state index contributed by atoms with van der Waals surface area (Å²) < 4.78 is 18.4. The van der Waals surface area contributed by atoms with Crippen LogP contribution in [-0.2, 0) is 4.74 Å². The molecule has 0 saturated carbocycles. The lowest BCUT2D eigenvalue weighted by molar-refractivity contribution is 0.0502. The summed E-state index contributed by atoms with van der Waals surface area (Å²) >= 11 is 1.60. The van der Waals surface area contributed by atoms with E-state index in [1.165, 1.54) is 64.0 Å². The summed E-state index contributed by atoms with van der Waals surface area (Å²) in [4.78, 5) is 12.7. The minimum Gasteiger partial charge on any atom is -0.461 e. The summed E-state index contributed by atoms with van der Waals surface area (Å²) in [6, 6.07) is 1.57. The Morgan fingerprint density at radius 2 is 1.62 bits per heavy atom. The van der Waals surface area contributed by atoms with Gasteiger partial charge in [0.05, 0.1) is 12.8 Å². The lowest BCUT2D eigenvalue weighted by Crippen LogP contribution is -2.07. The maximum Gasteiger partial charge on any atom is 0.357 e. The molecule has 0 aliphatic carbocycles. The number of carbonyl (C=O) groups excluding carboxylic acids is 1. The third-order valence-electron chi connectivity index (χ3n) is 4.00. The molecule has 1 aromatic rings. The smallest absolute Gasteiger partial charge is 0.357 e. The molecule has 0 saturated heterocycles. The van der Waals surface area contributed by atoms with Gasteiger partial charge in [-0.3, -0.25) is 0 Å². The van der Waals surface area contributed by atoms with Crippen molar-refractivity contribution in [2.24, 2.45) is 0 Å². The largest absolute Gasteiger partial charge is 0.461 e. The molecule has 0 aliphatic rings. The Kier molecular flexibility index (Phi) is 11.7. The van der Waals surface area contributed by atoms with Crippen molar-refractivity contribution in [2.45, 2.75) is 83.0 Å². The number of unbranched alkanes of at least 4 members (excludes halogenated alkanes) is 9. The maximum absolute atomic E-state index is 13.6. The predicted molar refractivity (Wildman–Crippen MR) is 99.5 cm³/mol. The molecule has 0 bridgehead atoms. The normalized spacial score (nSPS) is 11.0. The number of halogens is 1. The Morgan fingerprint density at radius 3 is 2.21 bits per heavy atom. The van der Waals surface area contributed by atoms with E-state index in [1.807, 2.05) is 0 Å². The molecular weight excluding hydrogens is 325 g/mol. The topological polar surface area (TPSA) is 31.2 Å². The Hall–Kier alpha value is -0.970. The van der Waals surface area contributed by atoms with E-state index in [1.54, 1.807) is 24.8 Å². The summed E-state index contributed by atoms with van der Waals surface area (Å²) in [6.45, 7) is 4.22. The highest BCUT2D eigenvalue weighted by molar-refractivity contribution is 7.99. The minimum absolute atomic E-state index is 0.0255. The quantitative estimate of drug-likeness (QED) is 0.219. The highest BCUT2D eigenvalue weighted by atomic mass is 32.2. The first-order chi connectivity index (χ1) is 11.7. The molecule has 24 heavy (non-hydrogen) atoms. The second-order valence-corrected chi connectivity index (χ2v) is 7.29. The Bertz CT molecular complexity index is 462. The van der Waals surface area contributed by atoms with Gasteiger partial charge in [0.25, 0.3) is 0 Å². The number of nitrogens with zero attached hydrogens (tertiary/aromatic N) is 1. The van der Waals surface area contributed by atoms with Crippen LogP contribution in [0.25, 0.3) is 0 Å². The lowest BCUT2D eigenvalue weighted by Gasteiger charge is -2.02. The molecule has 0 N–H and O–H groups in total. The van der Waals surface area contributed by atoms with Gasteiger partial charge in [0, 0.05) is 4.90 Å². The van der Waals surface area contributed by atoms with Crippen molar-refractivity contribution in [1.29, 1.82) is 0 Å². The van der Waals surface area contributed by atoms with E-state index in [9.17, 15) is 9.28 Å². The SMILES string of the molecule is CCCCCCCCCCCCSc1cc(C(=O)OCC)n(F)c1. The molecular formula is C19H32FNO2S. The first-order valence-electron chi connectivity index (χ1n) is 9.37. The molecule has 0 atom stereocenters. The molecule has 3 nitrogen and oxygen atoms in total. The average molecular weight is 358 g/mol. The predicted octanol–water partition coefficient (Wildman–Crippen LogP) is 6.41. The lowest BCUT2D eigenvalue weighted by atomic mass is 10.1. The van der Waals surface area contributed by atoms with E-state index in [4.69, 9.17) is 4.74 Å². The fourth-order valence-corrected chi connectivity index (χ4v) is 3.57.